The number of fused-ring (bicyclic) bond motifs is 4. The van der Waals surface area contributed by atoms with Gasteiger partial charge in [0.2, 0.25) is 0 Å². The average molecular weight is 177 g/mol. The van der Waals surface area contributed by atoms with E-state index in [4.69, 9.17) is 0 Å². The van der Waals surface area contributed by atoms with Crippen LogP contribution in [0, 0.1) is 11.3 Å². The van der Waals surface area contributed by atoms with Crippen LogP contribution in [0.25, 0.3) is 0 Å². The van der Waals surface area contributed by atoms with Gasteiger partial charge in [0.05, 0.1) is 0 Å². The molecule has 1 N–H and O–H groups in total. The van der Waals surface area contributed by atoms with Crippen molar-refractivity contribution < 1.29 is 0 Å². The van der Waals surface area contributed by atoms with Crippen molar-refractivity contribution in [3.8, 4) is 0 Å². The van der Waals surface area contributed by atoms with Gasteiger partial charge in [-0.25, -0.2) is 0 Å². The first-order valence-corrected chi connectivity index (χ1v) is 5.72. The van der Waals surface area contributed by atoms with Crippen LogP contribution in [-0.4, -0.2) is 12.6 Å². The number of allylic oxidation sites excluding steroid dienone is 1. The van der Waals surface area contributed by atoms with Crippen LogP contribution in [-0.2, 0) is 0 Å². The Bertz CT molecular complexity index is 256. The highest BCUT2D eigenvalue weighted by molar-refractivity contribution is 5.22. The van der Waals surface area contributed by atoms with Crippen molar-refractivity contribution in [1.29, 1.82) is 0 Å². The van der Waals surface area contributed by atoms with Crippen molar-refractivity contribution in [2.24, 2.45) is 11.3 Å². The third-order valence-corrected chi connectivity index (χ3v) is 4.34. The SMILES string of the molecule is CC12C=C3CCCC(C3)C1NCC2. The van der Waals surface area contributed by atoms with Crippen molar-refractivity contribution in [2.75, 3.05) is 6.54 Å². The molecule has 72 valence electrons. The Morgan fingerprint density at radius 3 is 3.38 bits per heavy atom. The van der Waals surface area contributed by atoms with Gasteiger partial charge in [-0.05, 0) is 44.6 Å². The van der Waals surface area contributed by atoms with Gasteiger partial charge in [0.1, 0.15) is 0 Å². The zero-order valence-corrected chi connectivity index (χ0v) is 8.47. The Kier molecular flexibility index (Phi) is 1.61. The van der Waals surface area contributed by atoms with Crippen molar-refractivity contribution >= 4 is 0 Å². The fourth-order valence-electron chi connectivity index (χ4n) is 3.77. The van der Waals surface area contributed by atoms with E-state index in [-0.39, 0.29) is 0 Å². The number of nitrogens with one attached hydrogen (secondary N) is 1. The average Bonchev–Trinajstić information content (AvgIpc) is 2.47. The molecular formula is C12H19N. The van der Waals surface area contributed by atoms with Crippen molar-refractivity contribution in [1.82, 2.24) is 5.32 Å². The van der Waals surface area contributed by atoms with Crippen molar-refractivity contribution in [2.45, 2.75) is 45.1 Å². The lowest BCUT2D eigenvalue weighted by Crippen LogP contribution is -2.44. The molecule has 1 saturated carbocycles. The molecule has 2 fully saturated rings. The molecule has 0 amide bonds. The largest absolute Gasteiger partial charge is 0.313 e. The second-order valence-corrected chi connectivity index (χ2v) is 5.35. The van der Waals surface area contributed by atoms with Crippen LogP contribution in [0.5, 0.6) is 0 Å². The van der Waals surface area contributed by atoms with Crippen LogP contribution >= 0.6 is 0 Å². The minimum atomic E-state index is 0.513. The Hall–Kier alpha value is -0.300. The highest BCUT2D eigenvalue weighted by Crippen LogP contribution is 2.48. The molecule has 0 aromatic rings. The minimum absolute atomic E-state index is 0.513. The molecule has 0 radical (unpaired) electrons. The maximum absolute atomic E-state index is 3.71. The predicted octanol–water partition coefficient (Wildman–Crippen LogP) is 2.48. The maximum Gasteiger partial charge on any atom is 0.0187 e. The molecule has 3 rings (SSSR count). The van der Waals surface area contributed by atoms with Crippen LogP contribution in [0.1, 0.15) is 39.0 Å². The molecule has 1 heteroatoms. The smallest absolute Gasteiger partial charge is 0.0187 e. The molecule has 1 saturated heterocycles. The third kappa shape index (κ3) is 1.10. The van der Waals surface area contributed by atoms with E-state index in [2.05, 4.69) is 18.3 Å². The van der Waals surface area contributed by atoms with Gasteiger partial charge in [0, 0.05) is 11.5 Å². The van der Waals surface area contributed by atoms with Gasteiger partial charge in [0.25, 0.3) is 0 Å². The van der Waals surface area contributed by atoms with Gasteiger partial charge in [-0.2, -0.15) is 0 Å². The molecule has 1 nitrogen and oxygen atoms in total. The molecule has 3 unspecified atom stereocenters. The van der Waals surface area contributed by atoms with Gasteiger partial charge in [-0.15, -0.1) is 0 Å². The zero-order chi connectivity index (χ0) is 8.89. The van der Waals surface area contributed by atoms with E-state index in [1.54, 1.807) is 5.57 Å². The summed E-state index contributed by atoms with van der Waals surface area (Å²) in [5, 5.41) is 3.71. The lowest BCUT2D eigenvalue weighted by Gasteiger charge is -2.42. The molecule has 1 heterocycles. The van der Waals surface area contributed by atoms with Crippen LogP contribution in [0.2, 0.25) is 0 Å². The Labute approximate surface area is 80.6 Å². The van der Waals surface area contributed by atoms with Gasteiger partial charge >= 0.3 is 0 Å². The fraction of sp³-hybridized carbons (Fsp3) is 0.833. The minimum Gasteiger partial charge on any atom is -0.313 e. The van der Waals surface area contributed by atoms with Gasteiger partial charge < -0.3 is 5.32 Å². The van der Waals surface area contributed by atoms with Gasteiger partial charge in [0.15, 0.2) is 0 Å². The first-order chi connectivity index (χ1) is 6.28. The Morgan fingerprint density at radius 2 is 2.46 bits per heavy atom. The molecule has 3 aliphatic rings. The van der Waals surface area contributed by atoms with Crippen molar-refractivity contribution in [3.63, 3.8) is 0 Å². The van der Waals surface area contributed by atoms with Crippen LogP contribution in [0.15, 0.2) is 11.6 Å². The summed E-state index contributed by atoms with van der Waals surface area (Å²) in [7, 11) is 0. The summed E-state index contributed by atoms with van der Waals surface area (Å²) in [5.74, 6) is 0.959. The van der Waals surface area contributed by atoms with E-state index in [0.29, 0.717) is 5.41 Å². The van der Waals surface area contributed by atoms with E-state index in [1.165, 1.54) is 38.6 Å². The quantitative estimate of drug-likeness (QED) is 0.560. The number of hydrogen-bond donors (Lipinski definition) is 1. The topological polar surface area (TPSA) is 12.0 Å². The van der Waals surface area contributed by atoms with Crippen LogP contribution in [0.3, 0.4) is 0 Å². The first-order valence-electron chi connectivity index (χ1n) is 5.72. The summed E-state index contributed by atoms with van der Waals surface area (Å²) in [6.07, 6.45) is 9.65. The van der Waals surface area contributed by atoms with E-state index in [0.717, 1.165) is 12.0 Å². The fourth-order valence-corrected chi connectivity index (χ4v) is 3.77. The highest BCUT2D eigenvalue weighted by atomic mass is 15.0. The third-order valence-electron chi connectivity index (χ3n) is 4.34. The van der Waals surface area contributed by atoms with Gasteiger partial charge in [-0.3, -0.25) is 0 Å². The summed E-state index contributed by atoms with van der Waals surface area (Å²) in [6, 6.07) is 0.802. The molecule has 0 aromatic heterocycles. The summed E-state index contributed by atoms with van der Waals surface area (Å²) in [5.41, 5.74) is 2.28. The second-order valence-electron chi connectivity index (χ2n) is 5.35. The lowest BCUT2D eigenvalue weighted by molar-refractivity contribution is 0.209. The van der Waals surface area contributed by atoms with E-state index in [1.807, 2.05) is 0 Å². The molecule has 0 spiro atoms. The van der Waals surface area contributed by atoms with Crippen molar-refractivity contribution in [3.05, 3.63) is 11.6 Å². The maximum atomic E-state index is 3.71. The second kappa shape index (κ2) is 2.60. The molecule has 2 aliphatic carbocycles. The number of rotatable bonds is 0. The summed E-state index contributed by atoms with van der Waals surface area (Å²) in [6.45, 7) is 3.69. The number of hydrogen-bond acceptors (Lipinski definition) is 1. The molecular weight excluding hydrogens is 158 g/mol. The monoisotopic (exact) mass is 177 g/mol. The summed E-state index contributed by atoms with van der Waals surface area (Å²) < 4.78 is 0. The van der Waals surface area contributed by atoms with Gasteiger partial charge in [-0.1, -0.05) is 18.6 Å². The molecule has 3 atom stereocenters. The molecule has 2 bridgehead atoms. The molecule has 1 aliphatic heterocycles. The molecule has 13 heavy (non-hydrogen) atoms. The van der Waals surface area contributed by atoms with E-state index in [9.17, 15) is 0 Å². The first kappa shape index (κ1) is 8.05. The lowest BCUT2D eigenvalue weighted by atomic mass is 9.65. The summed E-state index contributed by atoms with van der Waals surface area (Å²) in [4.78, 5) is 0. The summed E-state index contributed by atoms with van der Waals surface area (Å²) >= 11 is 0. The van der Waals surface area contributed by atoms with Crippen LogP contribution < -0.4 is 5.32 Å². The Morgan fingerprint density at radius 1 is 1.54 bits per heavy atom. The zero-order valence-electron chi connectivity index (χ0n) is 8.47. The van der Waals surface area contributed by atoms with Crippen LogP contribution in [0.4, 0.5) is 0 Å². The Balaban J connectivity index is 2.00. The highest BCUT2D eigenvalue weighted by Gasteiger charge is 2.45. The normalized spacial score (nSPS) is 48.5. The van der Waals surface area contributed by atoms with E-state index < -0.39 is 0 Å². The predicted molar refractivity (Wildman–Crippen MR) is 54.6 cm³/mol. The standard InChI is InChI=1S/C12H19N/c1-12-5-6-13-11(12)10-4-2-3-9(7-10)8-12/h8,10-11,13H,2-7H2,1H3. The molecule has 0 aromatic carbocycles. The van der Waals surface area contributed by atoms with E-state index >= 15 is 0 Å².